The minimum atomic E-state index is -0.611. The first-order valence-corrected chi connectivity index (χ1v) is 10.2. The van der Waals surface area contributed by atoms with Crippen LogP contribution in [0.5, 0.6) is 5.75 Å². The Bertz CT molecular complexity index is 831. The Morgan fingerprint density at radius 2 is 1.90 bits per heavy atom. The molecular weight excluding hydrogens is 390 g/mol. The summed E-state index contributed by atoms with van der Waals surface area (Å²) in [6.45, 7) is 5.54. The molecule has 1 saturated heterocycles. The molecule has 6 heteroatoms. The molecule has 2 aromatic rings. The fourth-order valence-corrected chi connectivity index (χ4v) is 3.87. The number of ether oxygens (including phenoxy) is 3. The number of hydrogen-bond acceptors (Lipinski definition) is 4. The van der Waals surface area contributed by atoms with Crippen molar-refractivity contribution in [3.63, 3.8) is 0 Å². The SMILES string of the molecule is COCC(C)Oc1ccc(NC(=O)C2(c3ccc(C)cc3)CCOCC2)cc1Cl. The summed E-state index contributed by atoms with van der Waals surface area (Å²) in [6.07, 6.45) is 1.17. The van der Waals surface area contributed by atoms with Gasteiger partial charge in [-0.1, -0.05) is 41.4 Å². The molecule has 2 aromatic carbocycles. The van der Waals surface area contributed by atoms with Gasteiger partial charge in [0.05, 0.1) is 17.0 Å². The number of aryl methyl sites for hydroxylation is 1. The summed E-state index contributed by atoms with van der Waals surface area (Å²) in [4.78, 5) is 13.4. The summed E-state index contributed by atoms with van der Waals surface area (Å²) in [5.74, 6) is 0.524. The van der Waals surface area contributed by atoms with Crippen LogP contribution in [0.4, 0.5) is 5.69 Å². The number of rotatable bonds is 7. The maximum Gasteiger partial charge on any atom is 0.235 e. The van der Waals surface area contributed by atoms with E-state index in [1.807, 2.05) is 38.1 Å². The Balaban J connectivity index is 1.79. The molecule has 0 saturated carbocycles. The first-order chi connectivity index (χ1) is 13.9. The molecule has 1 atom stereocenters. The smallest absolute Gasteiger partial charge is 0.235 e. The van der Waals surface area contributed by atoms with Gasteiger partial charge in [0.15, 0.2) is 0 Å². The van der Waals surface area contributed by atoms with Crippen LogP contribution in [0.2, 0.25) is 5.02 Å². The van der Waals surface area contributed by atoms with Crippen molar-refractivity contribution in [1.82, 2.24) is 0 Å². The first kappa shape index (κ1) is 21.6. The molecule has 1 heterocycles. The minimum absolute atomic E-state index is 0.0397. The number of anilines is 1. The number of carbonyl (C=O) groups is 1. The van der Waals surface area contributed by atoms with Crippen molar-refractivity contribution in [2.45, 2.75) is 38.2 Å². The second kappa shape index (κ2) is 9.61. The standard InChI is InChI=1S/C23H28ClNO4/c1-16-4-6-18(7-5-16)23(10-12-28-13-11-23)22(26)25-19-8-9-21(20(24)14-19)29-17(2)15-27-3/h4-9,14,17H,10-13,15H2,1-3H3,(H,25,26). The van der Waals surface area contributed by atoms with Gasteiger partial charge in [-0.2, -0.15) is 0 Å². The van der Waals surface area contributed by atoms with Gasteiger partial charge in [-0.3, -0.25) is 4.79 Å². The van der Waals surface area contributed by atoms with E-state index in [1.165, 1.54) is 5.56 Å². The summed E-state index contributed by atoms with van der Waals surface area (Å²) >= 11 is 6.37. The zero-order valence-corrected chi connectivity index (χ0v) is 17.9. The first-order valence-electron chi connectivity index (χ1n) is 9.86. The summed E-state index contributed by atoms with van der Waals surface area (Å²) in [7, 11) is 1.63. The van der Waals surface area contributed by atoms with Crippen LogP contribution in [-0.4, -0.2) is 38.9 Å². The average molecular weight is 418 g/mol. The highest BCUT2D eigenvalue weighted by Crippen LogP contribution is 2.37. The predicted molar refractivity (Wildman–Crippen MR) is 115 cm³/mol. The van der Waals surface area contributed by atoms with Gasteiger partial charge < -0.3 is 19.5 Å². The van der Waals surface area contributed by atoms with Gasteiger partial charge in [-0.05, 0) is 50.5 Å². The topological polar surface area (TPSA) is 56.8 Å². The molecule has 0 radical (unpaired) electrons. The molecule has 1 fully saturated rings. The number of benzene rings is 2. The quantitative estimate of drug-likeness (QED) is 0.706. The third kappa shape index (κ3) is 5.10. The lowest BCUT2D eigenvalue weighted by molar-refractivity contribution is -0.125. The van der Waals surface area contributed by atoms with Gasteiger partial charge in [0.2, 0.25) is 5.91 Å². The summed E-state index contributed by atoms with van der Waals surface area (Å²) in [6, 6.07) is 13.5. The molecule has 1 N–H and O–H groups in total. The monoisotopic (exact) mass is 417 g/mol. The van der Waals surface area contributed by atoms with Crippen LogP contribution < -0.4 is 10.1 Å². The van der Waals surface area contributed by atoms with E-state index < -0.39 is 5.41 Å². The molecule has 156 valence electrons. The van der Waals surface area contributed by atoms with Crippen molar-refractivity contribution in [3.8, 4) is 5.75 Å². The van der Waals surface area contributed by atoms with E-state index in [0.717, 1.165) is 5.56 Å². The van der Waals surface area contributed by atoms with Crippen LogP contribution in [0.3, 0.4) is 0 Å². The van der Waals surface area contributed by atoms with Crippen molar-refractivity contribution in [2.75, 3.05) is 32.2 Å². The lowest BCUT2D eigenvalue weighted by atomic mass is 9.73. The van der Waals surface area contributed by atoms with Crippen molar-refractivity contribution in [3.05, 3.63) is 58.6 Å². The number of amides is 1. The Labute approximate surface area is 177 Å². The minimum Gasteiger partial charge on any atom is -0.487 e. The molecule has 3 rings (SSSR count). The fraction of sp³-hybridized carbons (Fsp3) is 0.435. The maximum absolute atomic E-state index is 13.4. The third-order valence-corrected chi connectivity index (χ3v) is 5.60. The van der Waals surface area contributed by atoms with E-state index in [9.17, 15) is 4.79 Å². The zero-order valence-electron chi connectivity index (χ0n) is 17.2. The van der Waals surface area contributed by atoms with Gasteiger partial charge in [-0.25, -0.2) is 0 Å². The lowest BCUT2D eigenvalue weighted by Gasteiger charge is -2.36. The molecule has 1 aliphatic heterocycles. The highest BCUT2D eigenvalue weighted by atomic mass is 35.5. The second-order valence-electron chi connectivity index (χ2n) is 7.54. The van der Waals surface area contributed by atoms with Gasteiger partial charge in [0.1, 0.15) is 11.9 Å². The van der Waals surface area contributed by atoms with E-state index in [1.54, 1.807) is 25.3 Å². The highest BCUT2D eigenvalue weighted by Gasteiger charge is 2.41. The van der Waals surface area contributed by atoms with Crippen LogP contribution in [0, 0.1) is 6.92 Å². The van der Waals surface area contributed by atoms with Crippen molar-refractivity contribution < 1.29 is 19.0 Å². The van der Waals surface area contributed by atoms with E-state index in [4.69, 9.17) is 25.8 Å². The van der Waals surface area contributed by atoms with Crippen LogP contribution >= 0.6 is 11.6 Å². The van der Waals surface area contributed by atoms with E-state index >= 15 is 0 Å². The summed E-state index contributed by atoms with van der Waals surface area (Å²) in [5, 5.41) is 3.50. The normalized spacial score (nSPS) is 16.8. The molecular formula is C23H28ClNO4. The number of nitrogens with one attached hydrogen (secondary N) is 1. The molecule has 1 amide bonds. The molecule has 0 aromatic heterocycles. The van der Waals surface area contributed by atoms with Gasteiger partial charge in [0, 0.05) is 26.0 Å². The Kier molecular flexibility index (Phi) is 7.17. The van der Waals surface area contributed by atoms with E-state index in [2.05, 4.69) is 5.32 Å². The molecule has 1 aliphatic rings. The molecule has 1 unspecified atom stereocenters. The van der Waals surface area contributed by atoms with Gasteiger partial charge in [0.25, 0.3) is 0 Å². The Morgan fingerprint density at radius 1 is 1.21 bits per heavy atom. The van der Waals surface area contributed by atoms with Crippen LogP contribution in [0.25, 0.3) is 0 Å². The zero-order chi connectivity index (χ0) is 20.9. The molecule has 0 aliphatic carbocycles. The summed E-state index contributed by atoms with van der Waals surface area (Å²) < 4.78 is 16.4. The number of hydrogen-bond donors (Lipinski definition) is 1. The van der Waals surface area contributed by atoms with E-state index in [0.29, 0.717) is 49.1 Å². The molecule has 5 nitrogen and oxygen atoms in total. The highest BCUT2D eigenvalue weighted by molar-refractivity contribution is 6.32. The molecule has 0 bridgehead atoms. The lowest BCUT2D eigenvalue weighted by Crippen LogP contribution is -2.44. The van der Waals surface area contributed by atoms with Crippen LogP contribution in [0.15, 0.2) is 42.5 Å². The Morgan fingerprint density at radius 3 is 2.52 bits per heavy atom. The predicted octanol–water partition coefficient (Wildman–Crippen LogP) is 4.75. The van der Waals surface area contributed by atoms with Crippen molar-refractivity contribution >= 4 is 23.2 Å². The van der Waals surface area contributed by atoms with Crippen LogP contribution in [0.1, 0.15) is 30.9 Å². The van der Waals surface area contributed by atoms with Crippen molar-refractivity contribution in [1.29, 1.82) is 0 Å². The average Bonchev–Trinajstić information content (AvgIpc) is 2.71. The number of halogens is 1. The molecule has 29 heavy (non-hydrogen) atoms. The second-order valence-corrected chi connectivity index (χ2v) is 7.95. The van der Waals surface area contributed by atoms with Gasteiger partial charge in [-0.15, -0.1) is 0 Å². The number of carbonyl (C=O) groups excluding carboxylic acids is 1. The van der Waals surface area contributed by atoms with Crippen molar-refractivity contribution in [2.24, 2.45) is 0 Å². The maximum atomic E-state index is 13.4. The summed E-state index contributed by atoms with van der Waals surface area (Å²) in [5.41, 5.74) is 2.22. The fourth-order valence-electron chi connectivity index (χ4n) is 3.65. The third-order valence-electron chi connectivity index (χ3n) is 5.30. The number of methoxy groups -OCH3 is 1. The van der Waals surface area contributed by atoms with Gasteiger partial charge >= 0.3 is 0 Å². The molecule has 0 spiro atoms. The Hall–Kier alpha value is -2.08. The van der Waals surface area contributed by atoms with Crippen LogP contribution in [-0.2, 0) is 19.7 Å². The van der Waals surface area contributed by atoms with E-state index in [-0.39, 0.29) is 12.0 Å². The largest absolute Gasteiger partial charge is 0.487 e.